The van der Waals surface area contributed by atoms with Gasteiger partial charge in [-0.15, -0.1) is 0 Å². The van der Waals surface area contributed by atoms with Crippen LogP contribution in [0.5, 0.6) is 0 Å². The smallest absolute Gasteiger partial charge is 0.0700 e. The van der Waals surface area contributed by atoms with Crippen molar-refractivity contribution < 1.29 is 9.47 Å². The lowest BCUT2D eigenvalue weighted by Gasteiger charge is -2.15. The molecule has 96 valence electrons. The summed E-state index contributed by atoms with van der Waals surface area (Å²) in [5.74, 6) is 0. The molecule has 1 aliphatic rings. The van der Waals surface area contributed by atoms with Crippen LogP contribution in [0.2, 0.25) is 0 Å². The maximum Gasteiger partial charge on any atom is 0.0700 e. The first kappa shape index (κ1) is 13.9. The first-order valence-corrected chi connectivity index (χ1v) is 6.32. The van der Waals surface area contributed by atoms with E-state index >= 15 is 0 Å². The number of nitrogens with zero attached hydrogens (tertiary/aromatic N) is 1. The summed E-state index contributed by atoms with van der Waals surface area (Å²) in [5.41, 5.74) is 0. The maximum absolute atomic E-state index is 5.37. The van der Waals surface area contributed by atoms with Crippen molar-refractivity contribution in [1.29, 1.82) is 0 Å². The van der Waals surface area contributed by atoms with Gasteiger partial charge in [0.05, 0.1) is 13.2 Å². The molecule has 1 saturated carbocycles. The van der Waals surface area contributed by atoms with Gasteiger partial charge in [0.1, 0.15) is 0 Å². The molecule has 0 aromatic rings. The predicted octanol–water partition coefficient (Wildman–Crippen LogP) is 0.723. The Morgan fingerprint density at radius 2 is 2.00 bits per heavy atom. The van der Waals surface area contributed by atoms with Crippen molar-refractivity contribution in [3.63, 3.8) is 0 Å². The van der Waals surface area contributed by atoms with Gasteiger partial charge in [0, 0.05) is 32.8 Å². The highest BCUT2D eigenvalue weighted by Crippen LogP contribution is 2.24. The molecule has 0 unspecified atom stereocenters. The second-order valence-corrected chi connectivity index (χ2v) is 4.42. The number of rotatable bonds is 11. The van der Waals surface area contributed by atoms with Crippen molar-refractivity contribution in [3.8, 4) is 0 Å². The van der Waals surface area contributed by atoms with E-state index in [9.17, 15) is 0 Å². The van der Waals surface area contributed by atoms with E-state index in [0.717, 1.165) is 38.7 Å². The third-order valence-electron chi connectivity index (χ3n) is 2.89. The molecule has 4 heteroatoms. The van der Waals surface area contributed by atoms with E-state index in [1.54, 1.807) is 7.11 Å². The van der Waals surface area contributed by atoms with Crippen LogP contribution in [0.25, 0.3) is 0 Å². The first-order valence-electron chi connectivity index (χ1n) is 6.32. The summed E-state index contributed by atoms with van der Waals surface area (Å²) in [4.78, 5) is 2.45. The predicted molar refractivity (Wildman–Crippen MR) is 65.8 cm³/mol. The van der Waals surface area contributed by atoms with Gasteiger partial charge < -0.3 is 19.7 Å². The van der Waals surface area contributed by atoms with Crippen molar-refractivity contribution >= 4 is 0 Å². The SMILES string of the molecule is COCCOCCCNCCN(C)C1CC1. The zero-order valence-electron chi connectivity index (χ0n) is 10.7. The zero-order valence-corrected chi connectivity index (χ0v) is 10.7. The Hall–Kier alpha value is -0.160. The molecule has 0 atom stereocenters. The molecule has 1 rings (SSSR count). The highest BCUT2D eigenvalue weighted by molar-refractivity contribution is 4.82. The molecule has 0 radical (unpaired) electrons. The highest BCUT2D eigenvalue weighted by atomic mass is 16.5. The van der Waals surface area contributed by atoms with Gasteiger partial charge in [-0.25, -0.2) is 0 Å². The van der Waals surface area contributed by atoms with Crippen LogP contribution in [0.1, 0.15) is 19.3 Å². The lowest BCUT2D eigenvalue weighted by molar-refractivity contribution is 0.0694. The van der Waals surface area contributed by atoms with Gasteiger partial charge in [0.15, 0.2) is 0 Å². The molecule has 1 fully saturated rings. The van der Waals surface area contributed by atoms with E-state index in [4.69, 9.17) is 9.47 Å². The Labute approximate surface area is 99.3 Å². The van der Waals surface area contributed by atoms with Gasteiger partial charge in [0.25, 0.3) is 0 Å². The molecule has 0 bridgehead atoms. The summed E-state index contributed by atoms with van der Waals surface area (Å²) in [7, 11) is 3.91. The Morgan fingerprint density at radius 1 is 1.19 bits per heavy atom. The number of hydrogen-bond acceptors (Lipinski definition) is 4. The van der Waals surface area contributed by atoms with Crippen LogP contribution < -0.4 is 5.32 Å². The van der Waals surface area contributed by atoms with Crippen LogP contribution in [0.3, 0.4) is 0 Å². The summed E-state index contributed by atoms with van der Waals surface area (Å²) in [5, 5.41) is 3.44. The summed E-state index contributed by atoms with van der Waals surface area (Å²) in [6.45, 7) is 5.53. The van der Waals surface area contributed by atoms with Gasteiger partial charge in [-0.1, -0.05) is 0 Å². The number of methoxy groups -OCH3 is 1. The topological polar surface area (TPSA) is 33.7 Å². The van der Waals surface area contributed by atoms with E-state index in [0.29, 0.717) is 13.2 Å². The minimum absolute atomic E-state index is 0.694. The largest absolute Gasteiger partial charge is 0.382 e. The minimum atomic E-state index is 0.694. The molecule has 0 aliphatic heterocycles. The molecule has 0 amide bonds. The lowest BCUT2D eigenvalue weighted by atomic mass is 10.4. The second-order valence-electron chi connectivity index (χ2n) is 4.42. The second kappa shape index (κ2) is 8.93. The average molecular weight is 230 g/mol. The van der Waals surface area contributed by atoms with Crippen LogP contribution in [0.4, 0.5) is 0 Å². The van der Waals surface area contributed by atoms with E-state index < -0.39 is 0 Å². The minimum Gasteiger partial charge on any atom is -0.382 e. The van der Waals surface area contributed by atoms with Crippen LogP contribution in [-0.4, -0.2) is 64.6 Å². The monoisotopic (exact) mass is 230 g/mol. The van der Waals surface area contributed by atoms with Crippen LogP contribution >= 0.6 is 0 Å². The molecule has 0 aromatic carbocycles. The molecule has 0 saturated heterocycles. The van der Waals surface area contributed by atoms with Crippen molar-refractivity contribution in [2.75, 3.05) is 53.6 Å². The molecule has 0 heterocycles. The van der Waals surface area contributed by atoms with Gasteiger partial charge in [-0.05, 0) is 32.9 Å². The van der Waals surface area contributed by atoms with Gasteiger partial charge in [-0.2, -0.15) is 0 Å². The van der Waals surface area contributed by atoms with E-state index in [-0.39, 0.29) is 0 Å². The standard InChI is InChI=1S/C12H26N2O2/c1-14(12-4-5-12)8-7-13-6-3-9-16-11-10-15-2/h12-13H,3-11H2,1-2H3. The van der Waals surface area contributed by atoms with Crippen LogP contribution in [0.15, 0.2) is 0 Å². The maximum atomic E-state index is 5.37. The van der Waals surface area contributed by atoms with Crippen molar-refractivity contribution in [2.24, 2.45) is 0 Å². The average Bonchev–Trinajstić information content (AvgIpc) is 3.10. The number of likely N-dealkylation sites (N-methyl/N-ethyl adjacent to an activating group) is 1. The van der Waals surface area contributed by atoms with Crippen LogP contribution in [0, 0.1) is 0 Å². The molecule has 1 N–H and O–H groups in total. The van der Waals surface area contributed by atoms with E-state index in [2.05, 4.69) is 17.3 Å². The molecule has 4 nitrogen and oxygen atoms in total. The summed E-state index contributed by atoms with van der Waals surface area (Å²) < 4.78 is 10.3. The number of nitrogens with one attached hydrogen (secondary N) is 1. The number of hydrogen-bond donors (Lipinski definition) is 1. The Morgan fingerprint density at radius 3 is 2.69 bits per heavy atom. The van der Waals surface area contributed by atoms with Crippen molar-refractivity contribution in [2.45, 2.75) is 25.3 Å². The number of ether oxygens (including phenoxy) is 2. The molecule has 0 aromatic heterocycles. The highest BCUT2D eigenvalue weighted by Gasteiger charge is 2.25. The zero-order chi connectivity index (χ0) is 11.6. The molecular formula is C12H26N2O2. The quantitative estimate of drug-likeness (QED) is 0.530. The summed E-state index contributed by atoms with van der Waals surface area (Å²) in [6.07, 6.45) is 3.87. The van der Waals surface area contributed by atoms with Gasteiger partial charge >= 0.3 is 0 Å². The Balaban J connectivity index is 1.71. The van der Waals surface area contributed by atoms with Crippen LogP contribution in [-0.2, 0) is 9.47 Å². The summed E-state index contributed by atoms with van der Waals surface area (Å²) >= 11 is 0. The normalized spacial score (nSPS) is 15.9. The van der Waals surface area contributed by atoms with E-state index in [1.165, 1.54) is 12.8 Å². The fraction of sp³-hybridized carbons (Fsp3) is 1.00. The van der Waals surface area contributed by atoms with Gasteiger partial charge in [0.2, 0.25) is 0 Å². The first-order chi connectivity index (χ1) is 7.84. The molecule has 16 heavy (non-hydrogen) atoms. The van der Waals surface area contributed by atoms with Gasteiger partial charge in [-0.3, -0.25) is 0 Å². The van der Waals surface area contributed by atoms with E-state index in [1.807, 2.05) is 0 Å². The third-order valence-corrected chi connectivity index (χ3v) is 2.89. The Bertz CT molecular complexity index is 163. The molecular weight excluding hydrogens is 204 g/mol. The fourth-order valence-electron chi connectivity index (χ4n) is 1.62. The third kappa shape index (κ3) is 7.17. The lowest BCUT2D eigenvalue weighted by Crippen LogP contribution is -2.31. The fourth-order valence-corrected chi connectivity index (χ4v) is 1.62. The molecule has 0 spiro atoms. The molecule has 1 aliphatic carbocycles. The van der Waals surface area contributed by atoms with Crippen molar-refractivity contribution in [3.05, 3.63) is 0 Å². The van der Waals surface area contributed by atoms with Crippen molar-refractivity contribution in [1.82, 2.24) is 10.2 Å². The summed E-state index contributed by atoms with van der Waals surface area (Å²) in [6, 6.07) is 0.874. The Kier molecular flexibility index (Phi) is 7.76.